The van der Waals surface area contributed by atoms with Gasteiger partial charge in [0.1, 0.15) is 6.29 Å². The SMILES string of the molecule is CC[C@H](C(=O)O)C(C)C=O. The van der Waals surface area contributed by atoms with Gasteiger partial charge in [0.15, 0.2) is 0 Å². The second-order valence-electron chi connectivity index (χ2n) is 2.35. The molecule has 0 radical (unpaired) electrons. The summed E-state index contributed by atoms with van der Waals surface area (Å²) in [5.74, 6) is -1.78. The molecule has 0 aliphatic rings. The molecular formula is C7H12O3. The van der Waals surface area contributed by atoms with Gasteiger partial charge in [-0.1, -0.05) is 13.8 Å². The zero-order valence-corrected chi connectivity index (χ0v) is 6.20. The minimum absolute atomic E-state index is 0.373. The second kappa shape index (κ2) is 4.04. The Labute approximate surface area is 60.0 Å². The topological polar surface area (TPSA) is 54.4 Å². The maximum Gasteiger partial charge on any atom is 0.307 e. The summed E-state index contributed by atoms with van der Waals surface area (Å²) in [5, 5.41) is 8.52. The Balaban J connectivity index is 4.05. The molecule has 0 aliphatic heterocycles. The Hall–Kier alpha value is -0.860. The highest BCUT2D eigenvalue weighted by molar-refractivity contribution is 5.74. The molecule has 0 saturated carbocycles. The Morgan fingerprint density at radius 3 is 2.30 bits per heavy atom. The Kier molecular flexibility index (Phi) is 3.69. The highest BCUT2D eigenvalue weighted by atomic mass is 16.4. The monoisotopic (exact) mass is 144 g/mol. The molecule has 0 aliphatic carbocycles. The number of hydrogen-bond acceptors (Lipinski definition) is 2. The van der Waals surface area contributed by atoms with Crippen LogP contribution in [0.15, 0.2) is 0 Å². The van der Waals surface area contributed by atoms with Crippen LogP contribution in [0.4, 0.5) is 0 Å². The summed E-state index contributed by atoms with van der Waals surface area (Å²) in [7, 11) is 0. The lowest BCUT2D eigenvalue weighted by Gasteiger charge is -2.11. The largest absolute Gasteiger partial charge is 0.481 e. The van der Waals surface area contributed by atoms with E-state index >= 15 is 0 Å². The lowest BCUT2D eigenvalue weighted by molar-refractivity contribution is -0.144. The molecular weight excluding hydrogens is 132 g/mol. The fourth-order valence-corrected chi connectivity index (χ4v) is 0.866. The summed E-state index contributed by atoms with van der Waals surface area (Å²) in [6.45, 7) is 3.38. The van der Waals surface area contributed by atoms with Crippen LogP contribution in [0.2, 0.25) is 0 Å². The smallest absolute Gasteiger partial charge is 0.307 e. The number of carboxylic acid groups (broad SMARTS) is 1. The van der Waals surface area contributed by atoms with E-state index in [1.54, 1.807) is 13.8 Å². The average Bonchev–Trinajstić information content (AvgIpc) is 1.88. The Bertz CT molecular complexity index is 131. The Morgan fingerprint density at radius 1 is 1.70 bits per heavy atom. The summed E-state index contributed by atoms with van der Waals surface area (Å²) in [4.78, 5) is 20.5. The van der Waals surface area contributed by atoms with Crippen LogP contribution >= 0.6 is 0 Å². The van der Waals surface area contributed by atoms with Crippen molar-refractivity contribution in [2.24, 2.45) is 11.8 Å². The van der Waals surface area contributed by atoms with Gasteiger partial charge < -0.3 is 9.90 Å². The lowest BCUT2D eigenvalue weighted by Crippen LogP contribution is -2.21. The highest BCUT2D eigenvalue weighted by Crippen LogP contribution is 2.12. The van der Waals surface area contributed by atoms with Crippen molar-refractivity contribution < 1.29 is 14.7 Å². The summed E-state index contributed by atoms with van der Waals surface area (Å²) < 4.78 is 0. The second-order valence-corrected chi connectivity index (χ2v) is 2.35. The minimum atomic E-state index is -0.887. The van der Waals surface area contributed by atoms with Crippen molar-refractivity contribution in [1.29, 1.82) is 0 Å². The van der Waals surface area contributed by atoms with E-state index in [0.29, 0.717) is 12.7 Å². The molecule has 0 rings (SSSR count). The zero-order valence-electron chi connectivity index (χ0n) is 6.20. The van der Waals surface area contributed by atoms with Crippen molar-refractivity contribution in [2.75, 3.05) is 0 Å². The molecule has 1 unspecified atom stereocenters. The van der Waals surface area contributed by atoms with E-state index in [-0.39, 0.29) is 5.92 Å². The van der Waals surface area contributed by atoms with Crippen LogP contribution in [-0.2, 0) is 9.59 Å². The van der Waals surface area contributed by atoms with Gasteiger partial charge in [-0.25, -0.2) is 0 Å². The summed E-state index contributed by atoms with van der Waals surface area (Å²) in [6, 6.07) is 0. The maximum atomic E-state index is 10.4. The molecule has 0 fully saturated rings. The minimum Gasteiger partial charge on any atom is -0.481 e. The molecule has 2 atom stereocenters. The summed E-state index contributed by atoms with van der Waals surface area (Å²) in [5.41, 5.74) is 0. The van der Waals surface area contributed by atoms with E-state index in [1.807, 2.05) is 0 Å². The molecule has 0 bridgehead atoms. The third-order valence-corrected chi connectivity index (χ3v) is 1.61. The zero-order chi connectivity index (χ0) is 8.15. The third-order valence-electron chi connectivity index (χ3n) is 1.61. The average molecular weight is 144 g/mol. The van der Waals surface area contributed by atoms with Crippen LogP contribution in [-0.4, -0.2) is 17.4 Å². The fourth-order valence-electron chi connectivity index (χ4n) is 0.866. The molecule has 0 spiro atoms. The van der Waals surface area contributed by atoms with Gasteiger partial charge >= 0.3 is 5.97 Å². The summed E-state index contributed by atoms with van der Waals surface area (Å²) >= 11 is 0. The van der Waals surface area contributed by atoms with Gasteiger partial charge in [0.2, 0.25) is 0 Å². The first-order valence-corrected chi connectivity index (χ1v) is 3.31. The van der Waals surface area contributed by atoms with Crippen molar-refractivity contribution in [3.63, 3.8) is 0 Å². The van der Waals surface area contributed by atoms with Gasteiger partial charge in [-0.2, -0.15) is 0 Å². The van der Waals surface area contributed by atoms with E-state index in [9.17, 15) is 9.59 Å². The van der Waals surface area contributed by atoms with Crippen molar-refractivity contribution in [2.45, 2.75) is 20.3 Å². The van der Waals surface area contributed by atoms with Crippen LogP contribution < -0.4 is 0 Å². The fraction of sp³-hybridized carbons (Fsp3) is 0.714. The molecule has 0 amide bonds. The van der Waals surface area contributed by atoms with Crippen LogP contribution in [0, 0.1) is 11.8 Å². The maximum absolute atomic E-state index is 10.4. The van der Waals surface area contributed by atoms with Crippen molar-refractivity contribution in [3.05, 3.63) is 0 Å². The molecule has 0 heterocycles. The Morgan fingerprint density at radius 2 is 2.20 bits per heavy atom. The molecule has 10 heavy (non-hydrogen) atoms. The quantitative estimate of drug-likeness (QED) is 0.597. The number of carbonyl (C=O) groups is 2. The first-order valence-electron chi connectivity index (χ1n) is 3.31. The molecule has 3 heteroatoms. The van der Waals surface area contributed by atoms with Gasteiger partial charge in [-0.05, 0) is 6.42 Å². The lowest BCUT2D eigenvalue weighted by atomic mass is 9.93. The predicted molar refractivity (Wildman–Crippen MR) is 36.6 cm³/mol. The van der Waals surface area contributed by atoms with E-state index in [2.05, 4.69) is 0 Å². The molecule has 0 aromatic carbocycles. The molecule has 3 nitrogen and oxygen atoms in total. The number of carboxylic acids is 1. The van der Waals surface area contributed by atoms with Crippen molar-refractivity contribution >= 4 is 12.3 Å². The van der Waals surface area contributed by atoms with Crippen LogP contribution in [0.1, 0.15) is 20.3 Å². The number of hydrogen-bond donors (Lipinski definition) is 1. The first-order chi connectivity index (χ1) is 4.63. The number of carbonyl (C=O) groups excluding carboxylic acids is 1. The highest BCUT2D eigenvalue weighted by Gasteiger charge is 2.21. The molecule has 1 N–H and O–H groups in total. The van der Waals surface area contributed by atoms with Crippen molar-refractivity contribution in [1.82, 2.24) is 0 Å². The van der Waals surface area contributed by atoms with E-state index in [1.165, 1.54) is 0 Å². The van der Waals surface area contributed by atoms with Gasteiger partial charge in [0.05, 0.1) is 5.92 Å². The molecule has 0 aromatic heterocycles. The van der Waals surface area contributed by atoms with Gasteiger partial charge in [-0.15, -0.1) is 0 Å². The number of rotatable bonds is 4. The van der Waals surface area contributed by atoms with Gasteiger partial charge in [0.25, 0.3) is 0 Å². The number of aliphatic carboxylic acids is 1. The molecule has 0 saturated heterocycles. The number of aldehydes is 1. The van der Waals surface area contributed by atoms with E-state index in [0.717, 1.165) is 0 Å². The molecule has 58 valence electrons. The third kappa shape index (κ3) is 2.17. The van der Waals surface area contributed by atoms with Crippen LogP contribution in [0.25, 0.3) is 0 Å². The predicted octanol–water partition coefficient (Wildman–Crippen LogP) is 0.932. The van der Waals surface area contributed by atoms with E-state index < -0.39 is 11.9 Å². The van der Waals surface area contributed by atoms with Crippen molar-refractivity contribution in [3.8, 4) is 0 Å². The van der Waals surface area contributed by atoms with Gasteiger partial charge in [0, 0.05) is 5.92 Å². The summed E-state index contributed by atoms with van der Waals surface area (Å²) in [6.07, 6.45) is 1.19. The molecule has 0 aromatic rings. The normalized spacial score (nSPS) is 15.8. The van der Waals surface area contributed by atoms with E-state index in [4.69, 9.17) is 5.11 Å². The first kappa shape index (κ1) is 9.14. The van der Waals surface area contributed by atoms with Gasteiger partial charge in [-0.3, -0.25) is 4.79 Å². The van der Waals surface area contributed by atoms with Crippen LogP contribution in [0.5, 0.6) is 0 Å². The van der Waals surface area contributed by atoms with Crippen LogP contribution in [0.3, 0.4) is 0 Å². The standard InChI is InChI=1S/C7H12O3/c1-3-6(7(9)10)5(2)4-8/h4-6H,3H2,1-2H3,(H,9,10)/t5?,6-/m0/s1.